The minimum atomic E-state index is -0.717. The van der Waals surface area contributed by atoms with Crippen molar-refractivity contribution in [3.05, 3.63) is 59.2 Å². The van der Waals surface area contributed by atoms with Crippen molar-refractivity contribution in [2.24, 2.45) is 0 Å². The van der Waals surface area contributed by atoms with Crippen molar-refractivity contribution in [2.75, 3.05) is 11.9 Å². The molecule has 0 atom stereocenters. The Morgan fingerprint density at radius 3 is 2.56 bits per heavy atom. The Labute approximate surface area is 158 Å². The number of hydrogen-bond donors (Lipinski definition) is 3. The third-order valence-corrected chi connectivity index (χ3v) is 3.96. The Morgan fingerprint density at radius 1 is 1.15 bits per heavy atom. The maximum atomic E-state index is 12.0. The number of aryl methyl sites for hydroxylation is 1. The first-order valence-corrected chi connectivity index (χ1v) is 8.53. The molecule has 2 aromatic carbocycles. The molecule has 6 nitrogen and oxygen atoms in total. The summed E-state index contributed by atoms with van der Waals surface area (Å²) in [7, 11) is 0. The number of carbonyl (C=O) groups is 2. The van der Waals surface area contributed by atoms with Crippen LogP contribution in [-0.2, 0) is 14.3 Å². The van der Waals surface area contributed by atoms with E-state index >= 15 is 0 Å². The van der Waals surface area contributed by atoms with E-state index in [9.17, 15) is 19.8 Å². The fourth-order valence-corrected chi connectivity index (χ4v) is 2.34. The number of nitrogens with one attached hydrogen (secondary N) is 1. The van der Waals surface area contributed by atoms with Crippen LogP contribution in [0.4, 0.5) is 5.69 Å². The molecular weight excluding hydrogens is 346 g/mol. The van der Waals surface area contributed by atoms with Crippen LogP contribution in [0.25, 0.3) is 6.08 Å². The summed E-state index contributed by atoms with van der Waals surface area (Å²) in [5.74, 6) is -1.07. The van der Waals surface area contributed by atoms with Crippen LogP contribution in [0.1, 0.15) is 36.5 Å². The van der Waals surface area contributed by atoms with E-state index in [4.69, 9.17) is 4.74 Å². The van der Waals surface area contributed by atoms with E-state index < -0.39 is 18.5 Å². The molecule has 0 bridgehead atoms. The van der Waals surface area contributed by atoms with E-state index in [0.717, 1.165) is 23.3 Å². The Bertz CT molecular complexity index is 871. The second kappa shape index (κ2) is 8.89. The normalized spacial score (nSPS) is 11.0. The lowest BCUT2D eigenvalue weighted by atomic mass is 10.0. The van der Waals surface area contributed by atoms with Crippen LogP contribution in [-0.4, -0.2) is 28.7 Å². The summed E-state index contributed by atoms with van der Waals surface area (Å²) in [5, 5.41) is 21.6. The van der Waals surface area contributed by atoms with Crippen molar-refractivity contribution in [3.63, 3.8) is 0 Å². The molecule has 27 heavy (non-hydrogen) atoms. The Morgan fingerprint density at radius 2 is 1.89 bits per heavy atom. The SMILES string of the molecule is Cc1ccc(C(C)C)cc1NC(=O)COC(=O)/C=C/c1ccc(O)cc1O. The Hall–Kier alpha value is -3.28. The molecular formula is C21H23NO5. The predicted octanol–water partition coefficient (Wildman–Crippen LogP) is 3.72. The third kappa shape index (κ3) is 5.88. The van der Waals surface area contributed by atoms with E-state index in [1.165, 1.54) is 18.2 Å². The number of rotatable bonds is 6. The second-order valence-electron chi connectivity index (χ2n) is 6.46. The monoisotopic (exact) mass is 369 g/mol. The number of carbonyl (C=O) groups excluding carboxylic acids is 2. The van der Waals surface area contributed by atoms with Crippen molar-refractivity contribution in [3.8, 4) is 11.5 Å². The van der Waals surface area contributed by atoms with Crippen LogP contribution in [0, 0.1) is 6.92 Å². The van der Waals surface area contributed by atoms with Crippen molar-refractivity contribution >= 4 is 23.6 Å². The summed E-state index contributed by atoms with van der Waals surface area (Å²) in [6.07, 6.45) is 2.44. The molecule has 3 N–H and O–H groups in total. The molecule has 0 spiro atoms. The average Bonchev–Trinajstić information content (AvgIpc) is 2.61. The number of hydrogen-bond acceptors (Lipinski definition) is 5. The molecule has 0 aliphatic carbocycles. The quantitative estimate of drug-likeness (QED) is 0.533. The number of phenolic OH excluding ortho intramolecular Hbond substituents is 2. The summed E-state index contributed by atoms with van der Waals surface area (Å²) in [5.41, 5.74) is 3.05. The molecule has 0 unspecified atom stereocenters. The summed E-state index contributed by atoms with van der Waals surface area (Å²) in [6, 6.07) is 9.85. The molecule has 0 saturated carbocycles. The van der Waals surface area contributed by atoms with Gasteiger partial charge in [0, 0.05) is 23.4 Å². The molecule has 2 aromatic rings. The maximum Gasteiger partial charge on any atom is 0.331 e. The highest BCUT2D eigenvalue weighted by Gasteiger charge is 2.09. The summed E-state index contributed by atoms with van der Waals surface area (Å²) < 4.78 is 4.91. The van der Waals surface area contributed by atoms with Gasteiger partial charge in [0.1, 0.15) is 11.5 Å². The number of benzene rings is 2. The van der Waals surface area contributed by atoms with Crippen molar-refractivity contribution in [2.45, 2.75) is 26.7 Å². The predicted molar refractivity (Wildman–Crippen MR) is 104 cm³/mol. The number of phenols is 2. The highest BCUT2D eigenvalue weighted by Crippen LogP contribution is 2.24. The van der Waals surface area contributed by atoms with Crippen LogP contribution < -0.4 is 5.32 Å². The van der Waals surface area contributed by atoms with Crippen LogP contribution in [0.2, 0.25) is 0 Å². The highest BCUT2D eigenvalue weighted by molar-refractivity contribution is 5.95. The van der Waals surface area contributed by atoms with E-state index in [0.29, 0.717) is 17.2 Å². The van der Waals surface area contributed by atoms with Crippen LogP contribution in [0.3, 0.4) is 0 Å². The summed E-state index contributed by atoms with van der Waals surface area (Å²) in [6.45, 7) is 5.60. The number of ether oxygens (including phenoxy) is 1. The van der Waals surface area contributed by atoms with Crippen molar-refractivity contribution < 1.29 is 24.5 Å². The van der Waals surface area contributed by atoms with Gasteiger partial charge in [0.15, 0.2) is 6.61 Å². The van der Waals surface area contributed by atoms with Crippen molar-refractivity contribution in [1.82, 2.24) is 0 Å². The molecule has 0 aliphatic rings. The van der Waals surface area contributed by atoms with Gasteiger partial charge in [0.05, 0.1) is 0 Å². The summed E-state index contributed by atoms with van der Waals surface area (Å²) in [4.78, 5) is 23.8. The van der Waals surface area contributed by atoms with Crippen LogP contribution >= 0.6 is 0 Å². The third-order valence-electron chi connectivity index (χ3n) is 3.96. The molecule has 0 saturated heterocycles. The van der Waals surface area contributed by atoms with Crippen LogP contribution in [0.15, 0.2) is 42.5 Å². The molecule has 0 aliphatic heterocycles. The van der Waals surface area contributed by atoms with Gasteiger partial charge in [0.25, 0.3) is 5.91 Å². The standard InChI is InChI=1S/C21H23NO5/c1-13(2)16-5-4-14(3)18(10-16)22-20(25)12-27-21(26)9-7-15-6-8-17(23)11-19(15)24/h4-11,13,23-24H,12H2,1-3H3,(H,22,25)/b9-7+. The lowest BCUT2D eigenvalue weighted by Gasteiger charge is -2.12. The Kier molecular flexibility index (Phi) is 6.60. The lowest BCUT2D eigenvalue weighted by Crippen LogP contribution is -2.20. The highest BCUT2D eigenvalue weighted by atomic mass is 16.5. The van der Waals surface area contributed by atoms with E-state index in [1.54, 1.807) is 0 Å². The average molecular weight is 369 g/mol. The zero-order valence-corrected chi connectivity index (χ0v) is 15.5. The molecule has 6 heteroatoms. The van der Waals surface area contributed by atoms with E-state index in [1.807, 2.05) is 25.1 Å². The molecule has 2 rings (SSSR count). The zero-order valence-electron chi connectivity index (χ0n) is 15.5. The topological polar surface area (TPSA) is 95.9 Å². The molecule has 0 radical (unpaired) electrons. The number of aromatic hydroxyl groups is 2. The number of anilines is 1. The van der Waals surface area contributed by atoms with Gasteiger partial charge < -0.3 is 20.3 Å². The zero-order chi connectivity index (χ0) is 20.0. The van der Waals surface area contributed by atoms with Crippen molar-refractivity contribution in [1.29, 1.82) is 0 Å². The number of esters is 1. The first-order chi connectivity index (χ1) is 12.8. The number of amides is 1. The van der Waals surface area contributed by atoms with Crippen LogP contribution in [0.5, 0.6) is 11.5 Å². The summed E-state index contributed by atoms with van der Waals surface area (Å²) >= 11 is 0. The van der Waals surface area contributed by atoms with E-state index in [2.05, 4.69) is 19.2 Å². The second-order valence-corrected chi connectivity index (χ2v) is 6.46. The largest absolute Gasteiger partial charge is 0.508 e. The smallest absolute Gasteiger partial charge is 0.331 e. The van der Waals surface area contributed by atoms with Gasteiger partial charge in [-0.1, -0.05) is 26.0 Å². The molecule has 142 valence electrons. The molecule has 1 amide bonds. The van der Waals surface area contributed by atoms with Gasteiger partial charge in [-0.25, -0.2) is 4.79 Å². The van der Waals surface area contributed by atoms with Gasteiger partial charge >= 0.3 is 5.97 Å². The van der Waals surface area contributed by atoms with E-state index in [-0.39, 0.29) is 11.5 Å². The van der Waals surface area contributed by atoms with Gasteiger partial charge in [-0.2, -0.15) is 0 Å². The Balaban J connectivity index is 1.90. The fourth-order valence-electron chi connectivity index (χ4n) is 2.34. The first-order valence-electron chi connectivity index (χ1n) is 8.53. The molecule has 0 fully saturated rings. The van der Waals surface area contributed by atoms with Gasteiger partial charge in [-0.3, -0.25) is 4.79 Å². The minimum absolute atomic E-state index is 0.0827. The lowest BCUT2D eigenvalue weighted by molar-refractivity contribution is -0.142. The maximum absolute atomic E-state index is 12.0. The molecule has 0 aromatic heterocycles. The van der Waals surface area contributed by atoms with Gasteiger partial charge in [-0.05, 0) is 48.2 Å². The van der Waals surface area contributed by atoms with Gasteiger partial charge in [0.2, 0.25) is 0 Å². The molecule has 0 heterocycles. The van der Waals surface area contributed by atoms with Gasteiger partial charge in [-0.15, -0.1) is 0 Å². The fraction of sp³-hybridized carbons (Fsp3) is 0.238. The first kappa shape index (κ1) is 20.0. The minimum Gasteiger partial charge on any atom is -0.508 e.